The fourth-order valence-corrected chi connectivity index (χ4v) is 6.42. The molecule has 1 aliphatic heterocycles. The predicted octanol–water partition coefficient (Wildman–Crippen LogP) is 5.94. The van der Waals surface area contributed by atoms with Gasteiger partial charge in [0.15, 0.2) is 11.0 Å². The number of thioether (sulfide) groups is 1. The van der Waals surface area contributed by atoms with E-state index in [-0.39, 0.29) is 36.0 Å². The van der Waals surface area contributed by atoms with Crippen molar-refractivity contribution < 1.29 is 18.7 Å². The van der Waals surface area contributed by atoms with Crippen LogP contribution in [0.25, 0.3) is 0 Å². The molecule has 0 radical (unpaired) electrons. The lowest BCUT2D eigenvalue weighted by Gasteiger charge is -2.22. The molecule has 0 bridgehead atoms. The molecule has 0 spiro atoms. The average molecular weight is 641 g/mol. The van der Waals surface area contributed by atoms with Crippen molar-refractivity contribution >= 4 is 40.6 Å². The molecule has 6 rings (SSSR count). The Balaban J connectivity index is 1.22. The van der Waals surface area contributed by atoms with Crippen molar-refractivity contribution in [2.45, 2.75) is 30.7 Å². The lowest BCUT2D eigenvalue weighted by atomic mass is 9.98. The first-order valence-electron chi connectivity index (χ1n) is 14.2. The first kappa shape index (κ1) is 30.2. The van der Waals surface area contributed by atoms with E-state index in [0.29, 0.717) is 28.8 Å². The van der Waals surface area contributed by atoms with Gasteiger partial charge in [-0.1, -0.05) is 60.3 Å². The van der Waals surface area contributed by atoms with Gasteiger partial charge in [-0.15, -0.1) is 21.5 Å². The van der Waals surface area contributed by atoms with Gasteiger partial charge >= 0.3 is 0 Å². The SMILES string of the molecule is COc1ccc(C2=NN(C(=O)CSc3nnc(CNC(=O)c4cccs4)n3Cc3ccccc3)[C@@H](c3ccc(F)cc3)C2)cc1. The fraction of sp³-hybridized carbons (Fsp3) is 0.182. The van der Waals surface area contributed by atoms with Crippen LogP contribution in [0.3, 0.4) is 0 Å². The number of ether oxygens (including phenoxy) is 1. The third-order valence-electron chi connectivity index (χ3n) is 7.30. The summed E-state index contributed by atoms with van der Waals surface area (Å²) in [5.41, 5.74) is 3.45. The Bertz CT molecular complexity index is 1790. The molecule has 1 aliphatic rings. The van der Waals surface area contributed by atoms with Crippen LogP contribution in [0.2, 0.25) is 0 Å². The summed E-state index contributed by atoms with van der Waals surface area (Å²) < 4.78 is 21.0. The molecule has 1 atom stereocenters. The van der Waals surface area contributed by atoms with Gasteiger partial charge in [0.2, 0.25) is 0 Å². The number of amides is 2. The number of benzene rings is 3. The number of halogens is 1. The molecular weight excluding hydrogens is 612 g/mol. The zero-order valence-electron chi connectivity index (χ0n) is 24.3. The third kappa shape index (κ3) is 7.13. The van der Waals surface area contributed by atoms with E-state index in [2.05, 4.69) is 15.5 Å². The van der Waals surface area contributed by atoms with E-state index in [1.54, 1.807) is 25.3 Å². The highest BCUT2D eigenvalue weighted by Crippen LogP contribution is 2.34. The first-order chi connectivity index (χ1) is 22.0. The Morgan fingerprint density at radius 2 is 1.78 bits per heavy atom. The molecular formula is C33H29FN6O3S2. The molecule has 0 aliphatic carbocycles. The summed E-state index contributed by atoms with van der Waals surface area (Å²) in [5, 5.41) is 20.3. The van der Waals surface area contributed by atoms with Crippen LogP contribution in [0.1, 0.15) is 44.6 Å². The summed E-state index contributed by atoms with van der Waals surface area (Å²) >= 11 is 2.62. The monoisotopic (exact) mass is 640 g/mol. The van der Waals surface area contributed by atoms with Gasteiger partial charge in [-0.3, -0.25) is 9.59 Å². The van der Waals surface area contributed by atoms with Crippen molar-refractivity contribution in [1.29, 1.82) is 0 Å². The number of carbonyl (C=O) groups is 2. The smallest absolute Gasteiger partial charge is 0.261 e. The number of nitrogens with zero attached hydrogens (tertiary/aromatic N) is 5. The Morgan fingerprint density at radius 3 is 2.49 bits per heavy atom. The van der Waals surface area contributed by atoms with E-state index < -0.39 is 0 Å². The molecule has 0 unspecified atom stereocenters. The number of hydrazone groups is 1. The van der Waals surface area contributed by atoms with Crippen LogP contribution < -0.4 is 10.1 Å². The zero-order valence-corrected chi connectivity index (χ0v) is 25.9. The minimum Gasteiger partial charge on any atom is -0.497 e. The standard InChI is InChI=1S/C33H29FN6O3S2/c1-43-26-15-11-23(12-16-26)27-18-28(24-9-13-25(34)14-10-24)40(38-27)31(41)21-45-33-37-36-30(19-35-32(42)29-8-5-17-44-29)39(33)20-22-6-3-2-4-7-22/h2-17,28H,18-21H2,1H3,(H,35,42)/t28-/m1/s1. The second-order valence-electron chi connectivity index (χ2n) is 10.2. The van der Waals surface area contributed by atoms with Crippen LogP contribution in [0.15, 0.2) is 107 Å². The highest BCUT2D eigenvalue weighted by atomic mass is 32.2. The van der Waals surface area contributed by atoms with Gasteiger partial charge in [-0.25, -0.2) is 9.40 Å². The van der Waals surface area contributed by atoms with Crippen LogP contribution in [-0.4, -0.2) is 50.2 Å². The van der Waals surface area contributed by atoms with E-state index in [4.69, 9.17) is 9.84 Å². The van der Waals surface area contributed by atoms with E-state index in [9.17, 15) is 14.0 Å². The van der Waals surface area contributed by atoms with Crippen molar-refractivity contribution in [2.75, 3.05) is 12.9 Å². The fourth-order valence-electron chi connectivity index (χ4n) is 4.97. The molecule has 45 heavy (non-hydrogen) atoms. The number of thiophene rings is 1. The van der Waals surface area contributed by atoms with Crippen molar-refractivity contribution in [3.8, 4) is 5.75 Å². The molecule has 3 heterocycles. The maximum absolute atomic E-state index is 13.8. The Hall–Kier alpha value is -4.81. The third-order valence-corrected chi connectivity index (χ3v) is 9.12. The summed E-state index contributed by atoms with van der Waals surface area (Å²) in [6, 6.07) is 26.7. The van der Waals surface area contributed by atoms with Crippen molar-refractivity contribution in [1.82, 2.24) is 25.1 Å². The molecule has 1 N–H and O–H groups in total. The maximum Gasteiger partial charge on any atom is 0.261 e. The maximum atomic E-state index is 13.8. The normalized spacial score (nSPS) is 14.3. The second-order valence-corrected chi connectivity index (χ2v) is 12.1. The number of nitrogens with one attached hydrogen (secondary N) is 1. The van der Waals surface area contributed by atoms with E-state index in [0.717, 1.165) is 28.2 Å². The first-order valence-corrected chi connectivity index (χ1v) is 16.0. The molecule has 2 amide bonds. The summed E-state index contributed by atoms with van der Waals surface area (Å²) in [6.07, 6.45) is 0.479. The molecule has 9 nitrogen and oxygen atoms in total. The summed E-state index contributed by atoms with van der Waals surface area (Å²) in [6.45, 7) is 0.648. The van der Waals surface area contributed by atoms with Crippen molar-refractivity contribution in [3.63, 3.8) is 0 Å². The minimum atomic E-state index is -0.388. The average Bonchev–Trinajstić information content (AvgIpc) is 3.85. The van der Waals surface area contributed by atoms with Gasteiger partial charge in [-0.05, 0) is 64.5 Å². The van der Waals surface area contributed by atoms with E-state index in [1.807, 2.05) is 70.6 Å². The quantitative estimate of drug-likeness (QED) is 0.180. The highest BCUT2D eigenvalue weighted by Gasteiger charge is 2.33. The topological polar surface area (TPSA) is 102 Å². The number of hydrogen-bond acceptors (Lipinski definition) is 8. The number of methoxy groups -OCH3 is 1. The molecule has 12 heteroatoms. The predicted molar refractivity (Wildman–Crippen MR) is 172 cm³/mol. The van der Waals surface area contributed by atoms with Crippen molar-refractivity contribution in [3.05, 3.63) is 130 Å². The summed E-state index contributed by atoms with van der Waals surface area (Å²) in [5.74, 6) is 0.591. The second kappa shape index (κ2) is 13.9. The Labute approximate surface area is 267 Å². The molecule has 0 fully saturated rings. The number of rotatable bonds is 11. The Kier molecular flexibility index (Phi) is 9.32. The van der Waals surface area contributed by atoms with Crippen LogP contribution in [0, 0.1) is 5.82 Å². The van der Waals surface area contributed by atoms with Gasteiger partial charge in [0, 0.05) is 6.42 Å². The minimum absolute atomic E-state index is 0.0472. The van der Waals surface area contributed by atoms with E-state index in [1.165, 1.54) is 40.2 Å². The van der Waals surface area contributed by atoms with Crippen LogP contribution in [0.5, 0.6) is 5.75 Å². The summed E-state index contributed by atoms with van der Waals surface area (Å²) in [7, 11) is 1.61. The highest BCUT2D eigenvalue weighted by molar-refractivity contribution is 7.99. The summed E-state index contributed by atoms with van der Waals surface area (Å²) in [4.78, 5) is 27.0. The van der Waals surface area contributed by atoms with Gasteiger partial charge in [0.05, 0.1) is 42.6 Å². The molecule has 228 valence electrons. The van der Waals surface area contributed by atoms with E-state index >= 15 is 0 Å². The van der Waals surface area contributed by atoms with Crippen LogP contribution in [-0.2, 0) is 17.9 Å². The molecule has 0 saturated carbocycles. The number of hydrogen-bond donors (Lipinski definition) is 1. The lowest BCUT2D eigenvalue weighted by Crippen LogP contribution is -2.28. The van der Waals surface area contributed by atoms with Gasteiger partial charge in [0.1, 0.15) is 11.6 Å². The number of aromatic nitrogens is 3. The molecule has 2 aromatic heterocycles. The molecule has 5 aromatic rings. The Morgan fingerprint density at radius 1 is 1.00 bits per heavy atom. The zero-order chi connectivity index (χ0) is 31.2. The van der Waals surface area contributed by atoms with Gasteiger partial charge in [0.25, 0.3) is 11.8 Å². The lowest BCUT2D eigenvalue weighted by molar-refractivity contribution is -0.130. The van der Waals surface area contributed by atoms with Gasteiger partial charge < -0.3 is 14.6 Å². The molecule has 0 saturated heterocycles. The van der Waals surface area contributed by atoms with Crippen LogP contribution >= 0.6 is 23.1 Å². The molecule has 3 aromatic carbocycles. The largest absolute Gasteiger partial charge is 0.497 e. The van der Waals surface area contributed by atoms with Crippen molar-refractivity contribution in [2.24, 2.45) is 5.10 Å². The van der Waals surface area contributed by atoms with Crippen LogP contribution in [0.4, 0.5) is 4.39 Å². The number of carbonyl (C=O) groups excluding carboxylic acids is 2. The van der Waals surface area contributed by atoms with Gasteiger partial charge in [-0.2, -0.15) is 5.10 Å².